The Morgan fingerprint density at radius 1 is 1.16 bits per heavy atom. The van der Waals surface area contributed by atoms with Gasteiger partial charge >= 0.3 is 5.97 Å². The van der Waals surface area contributed by atoms with E-state index in [0.717, 1.165) is 5.56 Å². The number of amides is 1. The number of ether oxygens (including phenoxy) is 1. The van der Waals surface area contributed by atoms with Gasteiger partial charge in [0.1, 0.15) is 0 Å². The van der Waals surface area contributed by atoms with Gasteiger partial charge in [-0.05, 0) is 29.2 Å². The van der Waals surface area contributed by atoms with Crippen molar-refractivity contribution < 1.29 is 14.3 Å². The maximum atomic E-state index is 12.0. The van der Waals surface area contributed by atoms with Crippen LogP contribution in [-0.4, -0.2) is 23.5 Å². The lowest BCUT2D eigenvalue weighted by Gasteiger charge is -2.18. The van der Waals surface area contributed by atoms with E-state index in [0.29, 0.717) is 10.6 Å². The number of halogens is 2. The Kier molecular flexibility index (Phi) is 6.03. The Balaban J connectivity index is 1.92. The Bertz CT molecular complexity index is 784. The van der Waals surface area contributed by atoms with Gasteiger partial charge in [0.2, 0.25) is 0 Å². The van der Waals surface area contributed by atoms with E-state index in [1.807, 2.05) is 12.1 Å². The summed E-state index contributed by atoms with van der Waals surface area (Å²) in [6.45, 7) is 5.81. The average Bonchev–Trinajstić information content (AvgIpc) is 2.54. The summed E-state index contributed by atoms with van der Waals surface area (Å²) < 4.78 is 5.00. The lowest BCUT2D eigenvalue weighted by Crippen LogP contribution is -2.21. The third-order valence-electron chi connectivity index (χ3n) is 3.39. The Morgan fingerprint density at radius 2 is 1.80 bits per heavy atom. The van der Waals surface area contributed by atoms with Crippen molar-refractivity contribution in [3.8, 4) is 0 Å². The molecule has 1 heterocycles. The normalized spacial score (nSPS) is 11.1. The Hall–Kier alpha value is -2.11. The topological polar surface area (TPSA) is 68.3 Å². The van der Waals surface area contributed by atoms with Crippen molar-refractivity contribution in [2.45, 2.75) is 26.2 Å². The SMILES string of the molecule is CC(C)(C)c1ccc(C(=O)OCC(=O)Nc2ncc(Cl)cc2Cl)cc1. The molecule has 2 rings (SSSR count). The molecule has 0 unspecified atom stereocenters. The van der Waals surface area contributed by atoms with Crippen LogP contribution in [0.1, 0.15) is 36.7 Å². The van der Waals surface area contributed by atoms with Gasteiger partial charge < -0.3 is 10.1 Å². The zero-order chi connectivity index (χ0) is 18.6. The number of hydrogen-bond acceptors (Lipinski definition) is 4. The fourth-order valence-corrected chi connectivity index (χ4v) is 2.42. The van der Waals surface area contributed by atoms with E-state index in [4.69, 9.17) is 27.9 Å². The first-order valence-electron chi connectivity index (χ1n) is 7.55. The second-order valence-corrected chi connectivity index (χ2v) is 7.28. The molecule has 1 N–H and O–H groups in total. The predicted molar refractivity (Wildman–Crippen MR) is 98.3 cm³/mol. The molecule has 7 heteroatoms. The van der Waals surface area contributed by atoms with Gasteiger partial charge in [-0.25, -0.2) is 9.78 Å². The number of benzene rings is 1. The minimum absolute atomic E-state index is 0.00678. The van der Waals surface area contributed by atoms with Crippen molar-refractivity contribution in [3.05, 3.63) is 57.7 Å². The second kappa shape index (κ2) is 7.85. The van der Waals surface area contributed by atoms with Crippen molar-refractivity contribution in [2.75, 3.05) is 11.9 Å². The third-order valence-corrected chi connectivity index (χ3v) is 3.88. The van der Waals surface area contributed by atoms with Gasteiger partial charge in [-0.1, -0.05) is 56.1 Å². The third kappa shape index (κ3) is 5.44. The van der Waals surface area contributed by atoms with E-state index < -0.39 is 18.5 Å². The molecular formula is C18H18Cl2N2O3. The molecule has 132 valence electrons. The van der Waals surface area contributed by atoms with Crippen LogP contribution in [0.5, 0.6) is 0 Å². The molecule has 5 nitrogen and oxygen atoms in total. The molecular weight excluding hydrogens is 363 g/mol. The highest BCUT2D eigenvalue weighted by atomic mass is 35.5. The number of nitrogens with one attached hydrogen (secondary N) is 1. The van der Waals surface area contributed by atoms with Gasteiger partial charge in [0.05, 0.1) is 15.6 Å². The van der Waals surface area contributed by atoms with E-state index >= 15 is 0 Å². The summed E-state index contributed by atoms with van der Waals surface area (Å²) in [5.74, 6) is -0.969. The summed E-state index contributed by atoms with van der Waals surface area (Å²) in [6, 6.07) is 8.55. The summed E-state index contributed by atoms with van der Waals surface area (Å²) in [5.41, 5.74) is 1.47. The number of carbonyl (C=O) groups excluding carboxylic acids is 2. The van der Waals surface area contributed by atoms with E-state index in [-0.39, 0.29) is 16.3 Å². The molecule has 0 saturated heterocycles. The monoisotopic (exact) mass is 380 g/mol. The largest absolute Gasteiger partial charge is 0.452 e. The van der Waals surface area contributed by atoms with Crippen LogP contribution >= 0.6 is 23.2 Å². The smallest absolute Gasteiger partial charge is 0.338 e. The van der Waals surface area contributed by atoms with Gasteiger partial charge in [0, 0.05) is 6.20 Å². The summed E-state index contributed by atoms with van der Waals surface area (Å²) in [7, 11) is 0. The maximum Gasteiger partial charge on any atom is 0.338 e. The fourth-order valence-electron chi connectivity index (χ4n) is 2.00. The quantitative estimate of drug-likeness (QED) is 0.793. The van der Waals surface area contributed by atoms with Crippen molar-refractivity contribution >= 4 is 40.9 Å². The van der Waals surface area contributed by atoms with Crippen LogP contribution in [0.25, 0.3) is 0 Å². The van der Waals surface area contributed by atoms with Crippen LogP contribution < -0.4 is 5.32 Å². The van der Waals surface area contributed by atoms with Crippen LogP contribution in [0.3, 0.4) is 0 Å². The van der Waals surface area contributed by atoms with Gasteiger partial charge in [0.15, 0.2) is 12.4 Å². The molecule has 0 radical (unpaired) electrons. The first-order valence-corrected chi connectivity index (χ1v) is 8.31. The molecule has 1 aromatic heterocycles. The highest BCUT2D eigenvalue weighted by Gasteiger charge is 2.16. The molecule has 1 amide bonds. The van der Waals surface area contributed by atoms with Crippen molar-refractivity contribution in [2.24, 2.45) is 0 Å². The zero-order valence-electron chi connectivity index (χ0n) is 14.1. The summed E-state index contributed by atoms with van der Waals surface area (Å²) >= 11 is 11.6. The second-order valence-electron chi connectivity index (χ2n) is 6.44. The van der Waals surface area contributed by atoms with Crippen LogP contribution in [0.2, 0.25) is 10.0 Å². The van der Waals surface area contributed by atoms with Gasteiger partial charge in [-0.15, -0.1) is 0 Å². The van der Waals surface area contributed by atoms with Crippen LogP contribution in [0, 0.1) is 0 Å². The summed E-state index contributed by atoms with van der Waals surface area (Å²) in [6.07, 6.45) is 1.35. The molecule has 0 atom stereocenters. The molecule has 2 aromatic rings. The first-order chi connectivity index (χ1) is 11.7. The molecule has 0 fully saturated rings. The van der Waals surface area contributed by atoms with Crippen molar-refractivity contribution in [3.63, 3.8) is 0 Å². The summed E-state index contributed by atoms with van der Waals surface area (Å²) in [4.78, 5) is 27.8. The van der Waals surface area contributed by atoms with E-state index in [1.54, 1.807) is 12.1 Å². The minimum atomic E-state index is -0.578. The first kappa shape index (κ1) is 19.2. The minimum Gasteiger partial charge on any atom is -0.452 e. The van der Waals surface area contributed by atoms with Crippen LogP contribution in [0.4, 0.5) is 5.82 Å². The highest BCUT2D eigenvalue weighted by Crippen LogP contribution is 2.23. The molecule has 1 aromatic carbocycles. The Morgan fingerprint density at radius 3 is 2.36 bits per heavy atom. The molecule has 0 aliphatic carbocycles. The fraction of sp³-hybridized carbons (Fsp3) is 0.278. The van der Waals surface area contributed by atoms with Gasteiger partial charge in [0.25, 0.3) is 5.91 Å². The molecule has 0 saturated carbocycles. The number of aromatic nitrogens is 1. The number of nitrogens with zero attached hydrogens (tertiary/aromatic N) is 1. The van der Waals surface area contributed by atoms with Crippen LogP contribution in [0.15, 0.2) is 36.5 Å². The number of pyridine rings is 1. The standard InChI is InChI=1S/C18H18Cl2N2O3/c1-18(2,3)12-6-4-11(5-7-12)17(24)25-10-15(23)22-16-14(20)8-13(19)9-21-16/h4-9H,10H2,1-3H3,(H,21,22,23). The van der Waals surface area contributed by atoms with Gasteiger partial charge in [-0.2, -0.15) is 0 Å². The summed E-state index contributed by atoms with van der Waals surface area (Å²) in [5, 5.41) is 3.01. The zero-order valence-corrected chi connectivity index (χ0v) is 15.6. The number of hydrogen-bond donors (Lipinski definition) is 1. The lowest BCUT2D eigenvalue weighted by atomic mass is 9.87. The molecule has 0 aliphatic rings. The average molecular weight is 381 g/mol. The van der Waals surface area contributed by atoms with Crippen molar-refractivity contribution in [1.82, 2.24) is 4.98 Å². The molecule has 0 bridgehead atoms. The number of esters is 1. The van der Waals surface area contributed by atoms with E-state index in [9.17, 15) is 9.59 Å². The predicted octanol–water partition coefficient (Wildman–Crippen LogP) is 4.48. The number of rotatable bonds is 4. The highest BCUT2D eigenvalue weighted by molar-refractivity contribution is 6.36. The van der Waals surface area contributed by atoms with Crippen molar-refractivity contribution in [1.29, 1.82) is 0 Å². The van der Waals surface area contributed by atoms with E-state index in [2.05, 4.69) is 31.1 Å². The van der Waals surface area contributed by atoms with E-state index in [1.165, 1.54) is 12.3 Å². The number of anilines is 1. The number of carbonyl (C=O) groups is 2. The molecule has 0 spiro atoms. The maximum absolute atomic E-state index is 12.0. The Labute approximate surface area is 156 Å². The molecule has 25 heavy (non-hydrogen) atoms. The lowest BCUT2D eigenvalue weighted by molar-refractivity contribution is -0.119. The van der Waals surface area contributed by atoms with Crippen LogP contribution in [-0.2, 0) is 14.9 Å². The van der Waals surface area contributed by atoms with Gasteiger partial charge in [-0.3, -0.25) is 4.79 Å². The molecule has 0 aliphatic heterocycles.